The van der Waals surface area contributed by atoms with E-state index >= 15 is 0 Å². The first kappa shape index (κ1) is 27.3. The van der Waals surface area contributed by atoms with E-state index < -0.39 is 5.97 Å². The molecule has 2 fully saturated rings. The van der Waals surface area contributed by atoms with Crippen molar-refractivity contribution in [2.75, 3.05) is 0 Å². The molecule has 7 rings (SSSR count). The van der Waals surface area contributed by atoms with Gasteiger partial charge in [0.15, 0.2) is 6.29 Å². The minimum atomic E-state index is -1.10. The highest BCUT2D eigenvalue weighted by Gasteiger charge is 2.26. The highest BCUT2D eigenvalue weighted by atomic mass is 16.4. The summed E-state index contributed by atoms with van der Waals surface area (Å²) in [5, 5.41) is 22.2. The lowest BCUT2D eigenvalue weighted by atomic mass is 9.84. The van der Waals surface area contributed by atoms with E-state index in [1.54, 1.807) is 30.3 Å². The Morgan fingerprint density at radius 3 is 1.44 bits per heavy atom. The van der Waals surface area contributed by atoms with Crippen LogP contribution >= 0.6 is 0 Å². The Hall–Kier alpha value is -4.52. The van der Waals surface area contributed by atoms with Gasteiger partial charge in [-0.3, -0.25) is 14.4 Å². The Morgan fingerprint density at radius 2 is 0.977 bits per heavy atom. The summed E-state index contributed by atoms with van der Waals surface area (Å²) >= 11 is 0. The van der Waals surface area contributed by atoms with Gasteiger partial charge in [0.05, 0.1) is 5.56 Å². The SMILES string of the molecule is O=Cc1ccc2c3ccc(C(=O)O)c4c(C(=O)NC5CCCCC5)ccc(c5ccc(C(=O)NC6CCCCC6)c1c25)c43. The monoisotopic (exact) mass is 574 g/mol. The molecular formula is C36H34N2O5. The van der Waals surface area contributed by atoms with E-state index in [9.17, 15) is 24.3 Å². The van der Waals surface area contributed by atoms with Gasteiger partial charge in [-0.25, -0.2) is 4.79 Å². The molecule has 43 heavy (non-hydrogen) atoms. The molecule has 0 aliphatic heterocycles. The number of benzene rings is 5. The van der Waals surface area contributed by atoms with Crippen molar-refractivity contribution in [1.82, 2.24) is 10.6 Å². The number of nitrogens with one attached hydrogen (secondary N) is 2. The Balaban J connectivity index is 1.47. The Labute approximate surface area is 249 Å². The number of aldehydes is 1. The van der Waals surface area contributed by atoms with E-state index in [2.05, 4.69) is 10.6 Å². The molecule has 2 aliphatic carbocycles. The van der Waals surface area contributed by atoms with Crippen molar-refractivity contribution in [2.45, 2.75) is 76.3 Å². The Kier molecular flexibility index (Phi) is 6.96. The Morgan fingerprint density at radius 1 is 0.558 bits per heavy atom. The molecule has 0 spiro atoms. The number of rotatable bonds is 6. The zero-order chi connectivity index (χ0) is 29.7. The molecule has 218 valence electrons. The number of amides is 2. The number of aromatic carboxylic acids is 1. The van der Waals surface area contributed by atoms with Gasteiger partial charge in [0, 0.05) is 39.5 Å². The molecular weight excluding hydrogens is 540 g/mol. The summed E-state index contributed by atoms with van der Waals surface area (Å²) in [5.74, 6) is -1.55. The average molecular weight is 575 g/mol. The van der Waals surface area contributed by atoms with Crippen LogP contribution < -0.4 is 10.6 Å². The molecule has 0 radical (unpaired) electrons. The molecule has 2 aliphatic rings. The zero-order valence-electron chi connectivity index (χ0n) is 24.0. The third kappa shape index (κ3) is 4.58. The first-order valence-electron chi connectivity index (χ1n) is 15.5. The van der Waals surface area contributed by atoms with Crippen LogP contribution in [-0.4, -0.2) is 41.3 Å². The maximum Gasteiger partial charge on any atom is 0.336 e. The van der Waals surface area contributed by atoms with Gasteiger partial charge in [-0.1, -0.05) is 68.9 Å². The summed E-state index contributed by atoms with van der Waals surface area (Å²) in [7, 11) is 0. The normalized spacial score (nSPS) is 16.7. The maximum absolute atomic E-state index is 13.6. The molecule has 0 saturated heterocycles. The van der Waals surface area contributed by atoms with Crippen molar-refractivity contribution < 1.29 is 24.3 Å². The second-order valence-corrected chi connectivity index (χ2v) is 12.2. The standard InChI is InChI=1S/C36H34N2O5/c39-19-20-11-12-23-26-15-18-29(36(42)43)33-28(35(41)38-22-9-5-2-6-10-22)17-14-25(32(26)33)24-13-16-27(30(20)31(23)24)34(40)37-21-7-3-1-4-8-21/h11-19,21-22H,1-10H2,(H,37,40)(H,38,41)(H,42,43). The van der Waals surface area contributed by atoms with Crippen molar-refractivity contribution >= 4 is 67.2 Å². The third-order valence-electron chi connectivity index (χ3n) is 9.66. The van der Waals surface area contributed by atoms with Crippen molar-refractivity contribution in [3.8, 4) is 0 Å². The van der Waals surface area contributed by atoms with Crippen LogP contribution in [0.1, 0.15) is 106 Å². The smallest absolute Gasteiger partial charge is 0.336 e. The number of hydrogen-bond acceptors (Lipinski definition) is 4. The van der Waals surface area contributed by atoms with Crippen LogP contribution in [0.2, 0.25) is 0 Å². The molecule has 2 saturated carbocycles. The van der Waals surface area contributed by atoms with E-state index in [0.29, 0.717) is 32.8 Å². The van der Waals surface area contributed by atoms with Crippen LogP contribution in [0.5, 0.6) is 0 Å². The van der Waals surface area contributed by atoms with E-state index in [1.807, 2.05) is 18.2 Å². The number of carbonyl (C=O) groups excluding carboxylic acids is 3. The van der Waals surface area contributed by atoms with Crippen molar-refractivity contribution in [2.24, 2.45) is 0 Å². The van der Waals surface area contributed by atoms with Gasteiger partial charge < -0.3 is 15.7 Å². The van der Waals surface area contributed by atoms with Crippen LogP contribution in [0.3, 0.4) is 0 Å². The molecule has 0 unspecified atom stereocenters. The molecule has 3 N–H and O–H groups in total. The van der Waals surface area contributed by atoms with Crippen LogP contribution in [0.4, 0.5) is 0 Å². The lowest BCUT2D eigenvalue weighted by Gasteiger charge is -2.24. The molecule has 5 aromatic carbocycles. The first-order chi connectivity index (χ1) is 21.0. The van der Waals surface area contributed by atoms with E-state index in [-0.39, 0.29) is 29.5 Å². The van der Waals surface area contributed by atoms with Crippen LogP contribution in [0, 0.1) is 0 Å². The number of carboxylic acid groups (broad SMARTS) is 1. The highest BCUT2D eigenvalue weighted by Crippen LogP contribution is 2.44. The Bertz CT molecular complexity index is 1910. The average Bonchev–Trinajstić information content (AvgIpc) is 3.03. The summed E-state index contributed by atoms with van der Waals surface area (Å²) < 4.78 is 0. The fourth-order valence-corrected chi connectivity index (χ4v) is 7.59. The minimum Gasteiger partial charge on any atom is -0.478 e. The molecule has 7 nitrogen and oxygen atoms in total. The lowest BCUT2D eigenvalue weighted by Crippen LogP contribution is -2.36. The minimum absolute atomic E-state index is 0.0714. The summed E-state index contributed by atoms with van der Waals surface area (Å²) in [6.07, 6.45) is 11.2. The molecule has 0 aromatic heterocycles. The van der Waals surface area contributed by atoms with Gasteiger partial charge in [0.2, 0.25) is 0 Å². The molecule has 0 bridgehead atoms. The van der Waals surface area contributed by atoms with Gasteiger partial charge in [-0.2, -0.15) is 0 Å². The largest absolute Gasteiger partial charge is 0.478 e. The quantitative estimate of drug-likeness (QED) is 0.111. The van der Waals surface area contributed by atoms with Crippen molar-refractivity contribution in [3.05, 3.63) is 70.8 Å². The number of fused-ring (bicyclic) bond motifs is 2. The van der Waals surface area contributed by atoms with E-state index in [4.69, 9.17) is 0 Å². The van der Waals surface area contributed by atoms with Gasteiger partial charge in [-0.05, 0) is 76.2 Å². The fourth-order valence-electron chi connectivity index (χ4n) is 7.59. The summed E-state index contributed by atoms with van der Waals surface area (Å²) in [4.78, 5) is 52.1. The van der Waals surface area contributed by atoms with Crippen molar-refractivity contribution in [3.63, 3.8) is 0 Å². The van der Waals surface area contributed by atoms with Crippen LogP contribution in [-0.2, 0) is 0 Å². The molecule has 5 aromatic rings. The number of hydrogen-bond donors (Lipinski definition) is 3. The second kappa shape index (κ2) is 11.0. The first-order valence-corrected chi connectivity index (χ1v) is 15.5. The van der Waals surface area contributed by atoms with E-state index in [0.717, 1.165) is 91.0 Å². The zero-order valence-corrected chi connectivity index (χ0v) is 24.0. The van der Waals surface area contributed by atoms with Crippen LogP contribution in [0.15, 0.2) is 48.5 Å². The van der Waals surface area contributed by atoms with Crippen molar-refractivity contribution in [1.29, 1.82) is 0 Å². The van der Waals surface area contributed by atoms with Crippen LogP contribution in [0.25, 0.3) is 43.1 Å². The van der Waals surface area contributed by atoms with E-state index in [1.165, 1.54) is 6.42 Å². The highest BCUT2D eigenvalue weighted by molar-refractivity contribution is 6.38. The van der Waals surface area contributed by atoms with Gasteiger partial charge >= 0.3 is 5.97 Å². The third-order valence-corrected chi connectivity index (χ3v) is 9.66. The summed E-state index contributed by atoms with van der Waals surface area (Å²) in [5.41, 5.74) is 1.30. The molecule has 0 atom stereocenters. The van der Waals surface area contributed by atoms with Gasteiger partial charge in [0.25, 0.3) is 11.8 Å². The molecule has 0 heterocycles. The summed E-state index contributed by atoms with van der Waals surface area (Å²) in [6, 6.07) is 14.4. The number of carboxylic acids is 1. The molecule has 2 amide bonds. The lowest BCUT2D eigenvalue weighted by molar-refractivity contribution is 0.0698. The van der Waals surface area contributed by atoms with Gasteiger partial charge in [0.1, 0.15) is 0 Å². The predicted octanol–water partition coefficient (Wildman–Crippen LogP) is 7.37. The maximum atomic E-state index is 13.6. The second-order valence-electron chi connectivity index (χ2n) is 12.2. The fraction of sp³-hybridized carbons (Fsp3) is 0.333. The molecule has 7 heteroatoms. The number of carbonyl (C=O) groups is 4. The topological polar surface area (TPSA) is 113 Å². The van der Waals surface area contributed by atoms with Gasteiger partial charge in [-0.15, -0.1) is 0 Å². The predicted molar refractivity (Wildman–Crippen MR) is 169 cm³/mol. The summed E-state index contributed by atoms with van der Waals surface area (Å²) in [6.45, 7) is 0.